The molecule has 230 valence electrons. The van der Waals surface area contributed by atoms with Gasteiger partial charge in [0.05, 0.1) is 29.4 Å². The number of nitriles is 1. The summed E-state index contributed by atoms with van der Waals surface area (Å²) in [6.07, 6.45) is 1.65. The molecule has 11 heteroatoms. The van der Waals surface area contributed by atoms with Crippen LogP contribution in [-0.2, 0) is 33.1 Å². The van der Waals surface area contributed by atoms with E-state index in [2.05, 4.69) is 39.4 Å². The van der Waals surface area contributed by atoms with E-state index in [9.17, 15) is 18.8 Å². The standard InChI is InChI=1S/C34H32FN5O5/c35-27-18-23(19-36)6-9-28(27)38-14-16-39(17-15-38)34(12-13-34)24-7-4-22(5-8-24)21-44-29-3-1-2-25-26(29)20-40(33(25)43)45-30-10-11-31(41)37-32(30)42/h1-9,18,30H,10-17,20-21H2,(H,37,41,42). The number of amides is 3. The molecular formula is C34H32FN5O5. The number of ether oxygens (including phenoxy) is 1. The van der Waals surface area contributed by atoms with E-state index in [4.69, 9.17) is 14.8 Å². The van der Waals surface area contributed by atoms with Crippen LogP contribution in [0.2, 0.25) is 0 Å². The molecule has 2 saturated heterocycles. The van der Waals surface area contributed by atoms with Gasteiger partial charge in [0.15, 0.2) is 6.10 Å². The van der Waals surface area contributed by atoms with Crippen LogP contribution in [0.3, 0.4) is 0 Å². The van der Waals surface area contributed by atoms with Crippen molar-refractivity contribution in [3.63, 3.8) is 0 Å². The van der Waals surface area contributed by atoms with Crippen LogP contribution >= 0.6 is 0 Å². The SMILES string of the molecule is N#Cc1ccc(N2CCN(C3(c4ccc(COc5cccc6c5CN(OC5CCC(=O)NC5=O)C6=O)cc4)CC3)CC2)c(F)c1. The van der Waals surface area contributed by atoms with Gasteiger partial charge in [0.2, 0.25) is 5.91 Å². The molecule has 1 unspecified atom stereocenters. The number of carbonyl (C=O) groups is 3. The third-order valence-corrected chi connectivity index (χ3v) is 9.25. The number of nitrogens with zero attached hydrogens (tertiary/aromatic N) is 4. The van der Waals surface area contributed by atoms with Crippen molar-refractivity contribution in [3.8, 4) is 11.8 Å². The van der Waals surface area contributed by atoms with Gasteiger partial charge in [0.1, 0.15) is 18.2 Å². The van der Waals surface area contributed by atoms with E-state index < -0.39 is 12.0 Å². The zero-order chi connectivity index (χ0) is 31.1. The Morgan fingerprint density at radius 3 is 2.47 bits per heavy atom. The maximum absolute atomic E-state index is 14.6. The normalized spacial score (nSPS) is 20.9. The Labute approximate surface area is 259 Å². The van der Waals surface area contributed by atoms with Gasteiger partial charge >= 0.3 is 0 Å². The summed E-state index contributed by atoms with van der Waals surface area (Å²) in [6, 6.07) is 20.4. The van der Waals surface area contributed by atoms with Crippen LogP contribution in [0.25, 0.3) is 0 Å². The monoisotopic (exact) mass is 609 g/mol. The molecule has 3 aliphatic heterocycles. The predicted molar refractivity (Wildman–Crippen MR) is 160 cm³/mol. The summed E-state index contributed by atoms with van der Waals surface area (Å²) < 4.78 is 20.8. The second-order valence-electron chi connectivity index (χ2n) is 11.9. The first-order valence-electron chi connectivity index (χ1n) is 15.2. The molecule has 45 heavy (non-hydrogen) atoms. The molecule has 3 aromatic carbocycles. The third-order valence-electron chi connectivity index (χ3n) is 9.25. The largest absolute Gasteiger partial charge is 0.489 e. The molecule has 1 saturated carbocycles. The molecule has 0 aromatic heterocycles. The number of hydroxylamine groups is 2. The highest BCUT2D eigenvalue weighted by Crippen LogP contribution is 2.51. The molecule has 10 nitrogen and oxygen atoms in total. The van der Waals surface area contributed by atoms with Crippen molar-refractivity contribution in [1.82, 2.24) is 15.3 Å². The van der Waals surface area contributed by atoms with Crippen molar-refractivity contribution in [1.29, 1.82) is 5.26 Å². The highest BCUT2D eigenvalue weighted by Gasteiger charge is 2.50. The van der Waals surface area contributed by atoms with Gasteiger partial charge in [-0.25, -0.2) is 9.45 Å². The smallest absolute Gasteiger partial charge is 0.278 e. The first kappa shape index (κ1) is 29.0. The Hall–Kier alpha value is -4.79. The molecule has 3 fully saturated rings. The van der Waals surface area contributed by atoms with Gasteiger partial charge in [-0.15, -0.1) is 0 Å². The molecule has 3 heterocycles. The van der Waals surface area contributed by atoms with Gasteiger partial charge in [-0.2, -0.15) is 5.26 Å². The molecule has 0 spiro atoms. The number of fused-ring (bicyclic) bond motifs is 1. The average Bonchev–Trinajstić information content (AvgIpc) is 3.81. The van der Waals surface area contributed by atoms with Crippen molar-refractivity contribution in [2.75, 3.05) is 31.1 Å². The number of carbonyl (C=O) groups excluding carboxylic acids is 3. The van der Waals surface area contributed by atoms with E-state index in [1.807, 2.05) is 12.1 Å². The highest BCUT2D eigenvalue weighted by molar-refractivity contribution is 6.01. The Kier molecular flexibility index (Phi) is 7.47. The van der Waals surface area contributed by atoms with Crippen LogP contribution in [-0.4, -0.2) is 60.0 Å². The topological polar surface area (TPSA) is 115 Å². The number of hydrogen-bond donors (Lipinski definition) is 1. The van der Waals surface area contributed by atoms with Crippen molar-refractivity contribution >= 4 is 23.4 Å². The van der Waals surface area contributed by atoms with Crippen LogP contribution in [0.5, 0.6) is 5.75 Å². The van der Waals surface area contributed by atoms with Crippen molar-refractivity contribution in [2.45, 2.75) is 50.5 Å². The number of imide groups is 1. The number of rotatable bonds is 8. The molecule has 1 N–H and O–H groups in total. The Balaban J connectivity index is 0.960. The lowest BCUT2D eigenvalue weighted by Gasteiger charge is -2.41. The number of piperidine rings is 1. The van der Waals surface area contributed by atoms with Gasteiger partial charge in [-0.05, 0) is 60.7 Å². The predicted octanol–water partition coefficient (Wildman–Crippen LogP) is 3.78. The summed E-state index contributed by atoms with van der Waals surface area (Å²) in [6.45, 7) is 3.56. The van der Waals surface area contributed by atoms with E-state index in [-0.39, 0.29) is 42.6 Å². The minimum atomic E-state index is -0.895. The van der Waals surface area contributed by atoms with Gasteiger partial charge in [-0.1, -0.05) is 30.3 Å². The number of benzene rings is 3. The minimum Gasteiger partial charge on any atom is -0.489 e. The molecule has 3 amide bonds. The lowest BCUT2D eigenvalue weighted by Crippen LogP contribution is -2.50. The second-order valence-corrected chi connectivity index (χ2v) is 11.9. The van der Waals surface area contributed by atoms with Crippen LogP contribution in [0.1, 0.15) is 58.3 Å². The molecule has 0 radical (unpaired) electrons. The quantitative estimate of drug-likeness (QED) is 0.384. The van der Waals surface area contributed by atoms with Gasteiger partial charge < -0.3 is 9.64 Å². The maximum Gasteiger partial charge on any atom is 0.278 e. The minimum absolute atomic E-state index is 0.00127. The van der Waals surface area contributed by atoms with E-state index in [1.54, 1.807) is 24.3 Å². The van der Waals surface area contributed by atoms with E-state index >= 15 is 0 Å². The highest BCUT2D eigenvalue weighted by atomic mass is 19.1. The molecule has 7 rings (SSSR count). The summed E-state index contributed by atoms with van der Waals surface area (Å²) in [7, 11) is 0. The summed E-state index contributed by atoms with van der Waals surface area (Å²) >= 11 is 0. The zero-order valence-electron chi connectivity index (χ0n) is 24.6. The molecule has 0 bridgehead atoms. The number of halogens is 1. The fourth-order valence-corrected chi connectivity index (χ4v) is 6.61. The van der Waals surface area contributed by atoms with Crippen molar-refractivity contribution in [3.05, 3.63) is 94.3 Å². The van der Waals surface area contributed by atoms with E-state index in [0.717, 1.165) is 44.6 Å². The second kappa shape index (κ2) is 11.6. The average molecular weight is 610 g/mol. The zero-order valence-corrected chi connectivity index (χ0v) is 24.6. The van der Waals surface area contributed by atoms with Crippen LogP contribution < -0.4 is 15.0 Å². The summed E-state index contributed by atoms with van der Waals surface area (Å²) in [4.78, 5) is 46.8. The number of nitrogens with one attached hydrogen (secondary N) is 1. The summed E-state index contributed by atoms with van der Waals surface area (Å²) in [5, 5.41) is 12.4. The Morgan fingerprint density at radius 2 is 1.78 bits per heavy atom. The lowest BCUT2D eigenvalue weighted by molar-refractivity contribution is -0.183. The fourth-order valence-electron chi connectivity index (χ4n) is 6.61. The van der Waals surface area contributed by atoms with E-state index in [0.29, 0.717) is 34.7 Å². The Morgan fingerprint density at radius 1 is 1.00 bits per heavy atom. The molecule has 1 aliphatic carbocycles. The number of piperazine rings is 1. The van der Waals surface area contributed by atoms with Crippen LogP contribution in [0.4, 0.5) is 10.1 Å². The fraction of sp³-hybridized carbons (Fsp3) is 0.353. The molecular weight excluding hydrogens is 577 g/mol. The molecule has 1 atom stereocenters. The maximum atomic E-state index is 14.6. The van der Waals surface area contributed by atoms with Crippen molar-refractivity contribution in [2.24, 2.45) is 0 Å². The van der Waals surface area contributed by atoms with Crippen molar-refractivity contribution < 1.29 is 28.3 Å². The number of anilines is 1. The molecule has 3 aromatic rings. The van der Waals surface area contributed by atoms with Crippen LogP contribution in [0.15, 0.2) is 60.7 Å². The first-order chi connectivity index (χ1) is 21.8. The van der Waals surface area contributed by atoms with Gasteiger partial charge in [0, 0.05) is 43.7 Å². The van der Waals surface area contributed by atoms with Crippen LogP contribution in [0, 0.1) is 17.1 Å². The Bertz CT molecular complexity index is 1710. The third kappa shape index (κ3) is 5.52. The molecule has 4 aliphatic rings. The number of hydrogen-bond acceptors (Lipinski definition) is 8. The first-order valence-corrected chi connectivity index (χ1v) is 15.2. The summed E-state index contributed by atoms with van der Waals surface area (Å²) in [5.41, 5.74) is 4.29. The van der Waals surface area contributed by atoms with Gasteiger partial charge in [-0.3, -0.25) is 29.4 Å². The summed E-state index contributed by atoms with van der Waals surface area (Å²) in [5.74, 6) is -1.00. The lowest BCUT2D eigenvalue weighted by atomic mass is 10.00. The van der Waals surface area contributed by atoms with Gasteiger partial charge in [0.25, 0.3) is 11.8 Å². The van der Waals surface area contributed by atoms with E-state index in [1.165, 1.54) is 16.7 Å².